The predicted molar refractivity (Wildman–Crippen MR) is 79.5 cm³/mol. The average molecular weight is 369 g/mol. The lowest BCUT2D eigenvalue weighted by Gasteiger charge is -2.11. The molecule has 1 aromatic carbocycles. The van der Waals surface area contributed by atoms with E-state index in [-0.39, 0.29) is 28.8 Å². The summed E-state index contributed by atoms with van der Waals surface area (Å²) in [5, 5.41) is 9.42. The molecule has 0 unspecified atom stereocenters. The molecular formula is C16H8ClF3N2O3. The normalized spacial score (nSPS) is 14.0. The van der Waals surface area contributed by atoms with Crippen molar-refractivity contribution in [1.82, 2.24) is 4.98 Å². The lowest BCUT2D eigenvalue weighted by atomic mass is 9.95. The molecule has 9 heteroatoms. The first-order chi connectivity index (χ1) is 11.8. The zero-order chi connectivity index (χ0) is 18.2. The van der Waals surface area contributed by atoms with Gasteiger partial charge in [0.2, 0.25) is 6.79 Å². The second kappa shape index (κ2) is 6.26. The van der Waals surface area contributed by atoms with E-state index in [9.17, 15) is 23.2 Å². The molecule has 0 fully saturated rings. The minimum absolute atomic E-state index is 0.0468. The molecule has 2 heterocycles. The number of ketones is 1. The average Bonchev–Trinajstić information content (AvgIpc) is 3.04. The summed E-state index contributed by atoms with van der Waals surface area (Å²) in [6, 6.07) is 6.20. The van der Waals surface area contributed by atoms with Gasteiger partial charge >= 0.3 is 6.18 Å². The maximum atomic E-state index is 12.6. The van der Waals surface area contributed by atoms with Gasteiger partial charge in [-0.3, -0.25) is 9.78 Å². The van der Waals surface area contributed by atoms with Crippen molar-refractivity contribution in [2.45, 2.75) is 12.1 Å². The largest absolute Gasteiger partial charge is 0.454 e. The van der Waals surface area contributed by atoms with Gasteiger partial charge in [-0.05, 0) is 24.3 Å². The van der Waals surface area contributed by atoms with Crippen LogP contribution in [0.4, 0.5) is 13.2 Å². The molecule has 3 rings (SSSR count). The van der Waals surface area contributed by atoms with Gasteiger partial charge < -0.3 is 9.47 Å². The summed E-state index contributed by atoms with van der Waals surface area (Å²) in [6.07, 6.45) is -3.97. The van der Waals surface area contributed by atoms with E-state index >= 15 is 0 Å². The fourth-order valence-corrected chi connectivity index (χ4v) is 2.54. The summed E-state index contributed by atoms with van der Waals surface area (Å²) in [4.78, 5) is 16.2. The molecule has 25 heavy (non-hydrogen) atoms. The number of rotatable bonds is 3. The van der Waals surface area contributed by atoms with Crippen molar-refractivity contribution in [3.05, 3.63) is 52.3 Å². The first kappa shape index (κ1) is 17.0. The number of benzene rings is 1. The monoisotopic (exact) mass is 368 g/mol. The molecule has 2 aromatic rings. The van der Waals surface area contributed by atoms with Crippen molar-refractivity contribution >= 4 is 17.4 Å². The zero-order valence-electron chi connectivity index (χ0n) is 12.3. The Morgan fingerprint density at radius 3 is 2.68 bits per heavy atom. The van der Waals surface area contributed by atoms with Crippen LogP contribution in [-0.2, 0) is 6.18 Å². The number of nitrogens with zero attached hydrogens (tertiary/aromatic N) is 2. The number of fused-ring (bicyclic) bond motifs is 1. The van der Waals surface area contributed by atoms with E-state index in [0.717, 1.165) is 12.1 Å². The van der Waals surface area contributed by atoms with Crippen LogP contribution in [0.2, 0.25) is 5.02 Å². The molecule has 0 spiro atoms. The van der Waals surface area contributed by atoms with Crippen molar-refractivity contribution in [3.63, 3.8) is 0 Å². The number of alkyl halides is 3. The second-order valence-corrected chi connectivity index (χ2v) is 5.49. The molecule has 0 saturated heterocycles. The minimum atomic E-state index is -4.55. The third kappa shape index (κ3) is 3.23. The Balaban J connectivity index is 1.92. The smallest absolute Gasteiger partial charge is 0.417 e. The number of ether oxygens (including phenoxy) is 2. The summed E-state index contributed by atoms with van der Waals surface area (Å²) in [7, 11) is 0. The summed E-state index contributed by atoms with van der Waals surface area (Å²) >= 11 is 6.00. The Morgan fingerprint density at radius 1 is 1.32 bits per heavy atom. The lowest BCUT2D eigenvalue weighted by molar-refractivity contribution is -0.137. The number of nitriles is 1. The number of carbonyl (C=O) groups is 1. The van der Waals surface area contributed by atoms with Crippen molar-refractivity contribution in [1.29, 1.82) is 5.26 Å². The van der Waals surface area contributed by atoms with Gasteiger partial charge in [-0.2, -0.15) is 18.4 Å². The van der Waals surface area contributed by atoms with Crippen LogP contribution >= 0.6 is 11.6 Å². The number of halogens is 4. The third-order valence-electron chi connectivity index (χ3n) is 3.51. The minimum Gasteiger partial charge on any atom is -0.454 e. The van der Waals surface area contributed by atoms with Crippen molar-refractivity contribution < 1.29 is 27.4 Å². The molecule has 1 aromatic heterocycles. The van der Waals surface area contributed by atoms with Crippen LogP contribution in [0.3, 0.4) is 0 Å². The molecule has 1 aliphatic heterocycles. The highest BCUT2D eigenvalue weighted by molar-refractivity contribution is 6.32. The number of carbonyl (C=O) groups excluding carboxylic acids is 1. The van der Waals surface area contributed by atoms with E-state index in [0.29, 0.717) is 11.9 Å². The Hall–Kier alpha value is -2.79. The van der Waals surface area contributed by atoms with Gasteiger partial charge in [0.05, 0.1) is 22.3 Å². The molecule has 0 N–H and O–H groups in total. The molecule has 1 aliphatic rings. The van der Waals surface area contributed by atoms with E-state index < -0.39 is 23.4 Å². The highest BCUT2D eigenvalue weighted by Crippen LogP contribution is 2.40. The van der Waals surface area contributed by atoms with Crippen LogP contribution in [0.25, 0.3) is 0 Å². The number of pyridine rings is 1. The molecule has 0 saturated carbocycles. The van der Waals surface area contributed by atoms with Crippen LogP contribution in [0, 0.1) is 11.3 Å². The van der Waals surface area contributed by atoms with Crippen LogP contribution in [-0.4, -0.2) is 17.6 Å². The van der Waals surface area contributed by atoms with Gasteiger partial charge in [0.1, 0.15) is 0 Å². The summed E-state index contributed by atoms with van der Waals surface area (Å²) in [5.74, 6) is -1.49. The van der Waals surface area contributed by atoms with E-state index in [1.165, 1.54) is 12.1 Å². The van der Waals surface area contributed by atoms with E-state index in [1.54, 1.807) is 6.07 Å². The third-order valence-corrected chi connectivity index (χ3v) is 3.79. The summed E-state index contributed by atoms with van der Waals surface area (Å²) in [5.41, 5.74) is -0.983. The SMILES string of the molecule is N#C[C@H](C(=O)c1cc(Cl)c2c(c1)OCO2)c1ccc(C(F)(F)F)cn1. The van der Waals surface area contributed by atoms with Gasteiger partial charge in [-0.25, -0.2) is 0 Å². The quantitative estimate of drug-likeness (QED) is 0.766. The van der Waals surface area contributed by atoms with Crippen molar-refractivity contribution in [2.75, 3.05) is 6.79 Å². The topological polar surface area (TPSA) is 72.2 Å². The predicted octanol–water partition coefficient (Wildman–Crippen LogP) is 3.97. The maximum absolute atomic E-state index is 12.6. The van der Waals surface area contributed by atoms with Gasteiger partial charge in [-0.1, -0.05) is 11.6 Å². The Bertz CT molecular complexity index is 876. The van der Waals surface area contributed by atoms with Gasteiger partial charge in [-0.15, -0.1) is 0 Å². The molecule has 0 bridgehead atoms. The number of Topliss-reactive ketones (excluding diaryl/α,β-unsaturated/α-hetero) is 1. The van der Waals surface area contributed by atoms with Gasteiger partial charge in [0.15, 0.2) is 23.2 Å². The fourth-order valence-electron chi connectivity index (χ4n) is 2.28. The molecule has 5 nitrogen and oxygen atoms in total. The summed E-state index contributed by atoms with van der Waals surface area (Å²) in [6.45, 7) is -0.0468. The molecule has 0 amide bonds. The molecule has 1 atom stereocenters. The standard InChI is InChI=1S/C16H8ClF3N2O3/c17-11-3-8(4-13-15(11)25-7-24-13)14(23)10(5-21)12-2-1-9(6-22-12)16(18,19)20/h1-4,6,10H,7H2/t10-/m0/s1. The van der Waals surface area contributed by atoms with Crippen LogP contribution < -0.4 is 9.47 Å². The van der Waals surface area contributed by atoms with Gasteiger partial charge in [0.25, 0.3) is 0 Å². The van der Waals surface area contributed by atoms with E-state index in [4.69, 9.17) is 21.1 Å². The first-order valence-corrected chi connectivity index (χ1v) is 7.25. The van der Waals surface area contributed by atoms with Crippen molar-refractivity contribution in [3.8, 4) is 17.6 Å². The Morgan fingerprint density at radius 2 is 2.08 bits per heavy atom. The fraction of sp³-hybridized carbons (Fsp3) is 0.188. The van der Waals surface area contributed by atoms with E-state index in [1.807, 2.05) is 0 Å². The van der Waals surface area contributed by atoms with Crippen LogP contribution in [0.1, 0.15) is 27.5 Å². The highest BCUT2D eigenvalue weighted by Gasteiger charge is 2.32. The highest BCUT2D eigenvalue weighted by atomic mass is 35.5. The second-order valence-electron chi connectivity index (χ2n) is 5.09. The molecule has 0 aliphatic carbocycles. The summed E-state index contributed by atoms with van der Waals surface area (Å²) < 4.78 is 48.0. The molecular weight excluding hydrogens is 361 g/mol. The number of aromatic nitrogens is 1. The lowest BCUT2D eigenvalue weighted by Crippen LogP contribution is -2.14. The van der Waals surface area contributed by atoms with Crippen molar-refractivity contribution in [2.24, 2.45) is 0 Å². The zero-order valence-corrected chi connectivity index (χ0v) is 13.1. The van der Waals surface area contributed by atoms with E-state index in [2.05, 4.69) is 4.98 Å². The number of hydrogen-bond acceptors (Lipinski definition) is 5. The first-order valence-electron chi connectivity index (χ1n) is 6.87. The van der Waals surface area contributed by atoms with Crippen LogP contribution in [0.15, 0.2) is 30.5 Å². The molecule has 0 radical (unpaired) electrons. The Labute approximate surface area is 144 Å². The number of hydrogen-bond donors (Lipinski definition) is 0. The van der Waals surface area contributed by atoms with Gasteiger partial charge in [0, 0.05) is 11.8 Å². The molecule has 128 valence electrons. The van der Waals surface area contributed by atoms with Crippen LogP contribution in [0.5, 0.6) is 11.5 Å². The Kier molecular flexibility index (Phi) is 4.27. The maximum Gasteiger partial charge on any atom is 0.417 e.